The number of nitrogens with zero attached hydrogens (tertiary/aromatic N) is 2. The van der Waals surface area contributed by atoms with Gasteiger partial charge in [0.2, 0.25) is 0 Å². The number of hydrogen-bond donors (Lipinski definition) is 1. The molecule has 1 heterocycles. The maximum absolute atomic E-state index is 10.9. The second-order valence-electron chi connectivity index (χ2n) is 4.94. The Morgan fingerprint density at radius 1 is 1.35 bits per heavy atom. The fourth-order valence-electron chi connectivity index (χ4n) is 2.33. The Morgan fingerprint density at radius 2 is 2.09 bits per heavy atom. The summed E-state index contributed by atoms with van der Waals surface area (Å²) in [6.07, 6.45) is -1.01. The second-order valence-corrected chi connectivity index (χ2v) is 7.47. The predicted octanol–water partition coefficient (Wildman–Crippen LogP) is 4.24. The van der Waals surface area contributed by atoms with E-state index in [1.807, 2.05) is 24.3 Å². The smallest absolute Gasteiger partial charge is 0.269 e. The number of aliphatic hydroxyl groups excluding tert-OH is 1. The lowest BCUT2D eigenvalue weighted by Gasteiger charge is -2.35. The lowest BCUT2D eigenvalue weighted by molar-refractivity contribution is -0.385. The van der Waals surface area contributed by atoms with E-state index in [4.69, 9.17) is 12.2 Å². The molecule has 118 valence electrons. The number of halogens is 1. The molecule has 1 unspecified atom stereocenters. The van der Waals surface area contributed by atoms with E-state index < -0.39 is 11.2 Å². The van der Waals surface area contributed by atoms with Gasteiger partial charge in [0.25, 0.3) is 5.69 Å². The average molecular weight is 411 g/mol. The maximum Gasteiger partial charge on any atom is 0.269 e. The number of thiocarbonyl (C=S) groups is 1. The molecule has 0 radical (unpaired) electrons. The van der Waals surface area contributed by atoms with Crippen LogP contribution in [0.1, 0.15) is 17.4 Å². The van der Waals surface area contributed by atoms with Gasteiger partial charge in [-0.1, -0.05) is 58.1 Å². The third-order valence-corrected chi connectivity index (χ3v) is 5.77. The molecule has 1 aliphatic rings. The monoisotopic (exact) mass is 410 g/mol. The number of benzene rings is 2. The van der Waals surface area contributed by atoms with Crippen molar-refractivity contribution < 1.29 is 10.0 Å². The first kappa shape index (κ1) is 16.4. The number of rotatable bonds is 3. The molecule has 1 atom stereocenters. The quantitative estimate of drug-likeness (QED) is 0.463. The Morgan fingerprint density at radius 3 is 2.78 bits per heavy atom. The van der Waals surface area contributed by atoms with Crippen LogP contribution in [0, 0.1) is 10.1 Å². The molecule has 8 heteroatoms. The summed E-state index contributed by atoms with van der Waals surface area (Å²) in [6, 6.07) is 12.1. The molecule has 2 aromatic carbocycles. The fraction of sp³-hybridized carbons (Fsp3) is 0.133. The highest BCUT2D eigenvalue weighted by atomic mass is 79.9. The summed E-state index contributed by atoms with van der Waals surface area (Å²) in [5, 5.41) is 21.6. The third kappa shape index (κ3) is 3.25. The van der Waals surface area contributed by atoms with Gasteiger partial charge in [-0.05, 0) is 17.7 Å². The van der Waals surface area contributed by atoms with Crippen LogP contribution in [0.15, 0.2) is 51.8 Å². The summed E-state index contributed by atoms with van der Waals surface area (Å²) in [7, 11) is 0. The summed E-state index contributed by atoms with van der Waals surface area (Å²) in [5.74, 6) is 0. The van der Waals surface area contributed by atoms with Gasteiger partial charge >= 0.3 is 0 Å². The number of thioether (sulfide) groups is 1. The van der Waals surface area contributed by atoms with Crippen molar-refractivity contribution >= 4 is 49.9 Å². The number of hydrogen-bond acceptors (Lipinski definition) is 5. The van der Waals surface area contributed by atoms with Gasteiger partial charge in [-0.15, -0.1) is 0 Å². The van der Waals surface area contributed by atoms with Crippen LogP contribution in [-0.4, -0.2) is 19.3 Å². The van der Waals surface area contributed by atoms with Crippen molar-refractivity contribution in [3.05, 3.63) is 68.2 Å². The number of non-ortho nitro benzene ring substituents is 1. The largest absolute Gasteiger partial charge is 0.369 e. The minimum atomic E-state index is -1.01. The number of fused-ring (bicyclic) bond motifs is 1. The second kappa shape index (κ2) is 6.56. The van der Waals surface area contributed by atoms with Gasteiger partial charge in [0, 0.05) is 33.6 Å². The van der Waals surface area contributed by atoms with E-state index >= 15 is 0 Å². The predicted molar refractivity (Wildman–Crippen MR) is 96.2 cm³/mol. The van der Waals surface area contributed by atoms with Gasteiger partial charge in [-0.25, -0.2) is 0 Å². The zero-order valence-corrected chi connectivity index (χ0v) is 14.9. The van der Waals surface area contributed by atoms with Crippen LogP contribution in [0.5, 0.6) is 0 Å². The molecule has 0 aromatic heterocycles. The van der Waals surface area contributed by atoms with Crippen LogP contribution in [0.2, 0.25) is 0 Å². The molecule has 2 aromatic rings. The SMILES string of the molecule is O=[N+]([O-])c1ccc2c(c1)C(O)N(Cc1ccccc1Br)C(=S)S2. The summed E-state index contributed by atoms with van der Waals surface area (Å²) in [5.41, 5.74) is 1.44. The van der Waals surface area contributed by atoms with Gasteiger partial charge in [0.15, 0.2) is 6.23 Å². The minimum Gasteiger partial charge on any atom is -0.369 e. The Kier molecular flexibility index (Phi) is 4.67. The molecule has 0 aliphatic carbocycles. The zero-order valence-electron chi connectivity index (χ0n) is 11.7. The van der Waals surface area contributed by atoms with Crippen molar-refractivity contribution in [2.75, 3.05) is 0 Å². The van der Waals surface area contributed by atoms with E-state index in [1.165, 1.54) is 23.9 Å². The summed E-state index contributed by atoms with van der Waals surface area (Å²) in [4.78, 5) is 12.9. The van der Waals surface area contributed by atoms with Gasteiger partial charge in [0.1, 0.15) is 4.32 Å². The van der Waals surface area contributed by atoms with E-state index in [2.05, 4.69) is 15.9 Å². The molecule has 0 amide bonds. The summed E-state index contributed by atoms with van der Waals surface area (Å²) < 4.78 is 1.46. The van der Waals surface area contributed by atoms with E-state index in [0.717, 1.165) is 14.9 Å². The third-order valence-electron chi connectivity index (χ3n) is 3.51. The van der Waals surface area contributed by atoms with E-state index in [1.54, 1.807) is 11.0 Å². The van der Waals surface area contributed by atoms with E-state index in [0.29, 0.717) is 16.4 Å². The molecule has 0 spiro atoms. The molecule has 0 fully saturated rings. The summed E-state index contributed by atoms with van der Waals surface area (Å²) in [6.45, 7) is 0.413. The van der Waals surface area contributed by atoms with Gasteiger partial charge in [0.05, 0.1) is 4.92 Å². The van der Waals surface area contributed by atoms with Crippen LogP contribution in [0.3, 0.4) is 0 Å². The van der Waals surface area contributed by atoms with Crippen molar-refractivity contribution in [2.24, 2.45) is 0 Å². The van der Waals surface area contributed by atoms with Crippen molar-refractivity contribution in [1.82, 2.24) is 4.90 Å². The molecule has 0 saturated carbocycles. The molecule has 1 N–H and O–H groups in total. The molecular formula is C15H11BrN2O3S2. The Hall–Kier alpha value is -1.48. The molecule has 23 heavy (non-hydrogen) atoms. The van der Waals surface area contributed by atoms with Crippen LogP contribution in [-0.2, 0) is 6.54 Å². The maximum atomic E-state index is 10.9. The average Bonchev–Trinajstić information content (AvgIpc) is 2.52. The first-order valence-corrected chi connectivity index (χ1v) is 8.67. The topological polar surface area (TPSA) is 66.6 Å². The molecule has 5 nitrogen and oxygen atoms in total. The fourth-order valence-corrected chi connectivity index (χ4v) is 4.06. The lowest BCUT2D eigenvalue weighted by atomic mass is 10.1. The van der Waals surface area contributed by atoms with Crippen molar-refractivity contribution in [3.8, 4) is 0 Å². The van der Waals surface area contributed by atoms with Crippen LogP contribution in [0.4, 0.5) is 5.69 Å². The zero-order chi connectivity index (χ0) is 16.6. The Bertz CT molecular complexity index is 800. The Balaban J connectivity index is 1.95. The van der Waals surface area contributed by atoms with Crippen LogP contribution >= 0.6 is 39.9 Å². The lowest BCUT2D eigenvalue weighted by Crippen LogP contribution is -2.34. The molecule has 0 bridgehead atoms. The first-order valence-electron chi connectivity index (χ1n) is 6.65. The van der Waals surface area contributed by atoms with Gasteiger partial charge in [-0.3, -0.25) is 10.1 Å². The standard InChI is InChI=1S/C15H11BrN2O3S2/c16-12-4-2-1-3-9(12)8-17-14(19)11-7-10(18(20)21)5-6-13(11)23-15(17)22/h1-7,14,19H,8H2. The van der Waals surface area contributed by atoms with Crippen molar-refractivity contribution in [1.29, 1.82) is 0 Å². The first-order chi connectivity index (χ1) is 11.0. The van der Waals surface area contributed by atoms with Gasteiger partial charge in [-0.2, -0.15) is 0 Å². The molecule has 1 aliphatic heterocycles. The highest BCUT2D eigenvalue weighted by Crippen LogP contribution is 2.41. The van der Waals surface area contributed by atoms with Crippen LogP contribution in [0.25, 0.3) is 0 Å². The number of nitro groups is 1. The highest BCUT2D eigenvalue weighted by molar-refractivity contribution is 9.10. The molecular weight excluding hydrogens is 400 g/mol. The van der Waals surface area contributed by atoms with Crippen molar-refractivity contribution in [3.63, 3.8) is 0 Å². The minimum absolute atomic E-state index is 0.0444. The van der Waals surface area contributed by atoms with Crippen molar-refractivity contribution in [2.45, 2.75) is 17.7 Å². The molecule has 0 saturated heterocycles. The number of aliphatic hydroxyl groups is 1. The van der Waals surface area contributed by atoms with E-state index in [9.17, 15) is 15.2 Å². The normalized spacial score (nSPS) is 17.0. The number of nitro benzene ring substituents is 1. The van der Waals surface area contributed by atoms with Crippen LogP contribution < -0.4 is 0 Å². The Labute approximate surface area is 150 Å². The summed E-state index contributed by atoms with van der Waals surface area (Å²) >= 11 is 10.2. The van der Waals surface area contributed by atoms with E-state index in [-0.39, 0.29) is 5.69 Å². The highest BCUT2D eigenvalue weighted by Gasteiger charge is 2.31. The molecule has 3 rings (SSSR count). The van der Waals surface area contributed by atoms with Gasteiger partial charge < -0.3 is 10.0 Å².